The highest BCUT2D eigenvalue weighted by Crippen LogP contribution is 2.35. The number of likely N-dealkylation sites (tertiary alicyclic amines) is 1. The van der Waals surface area contributed by atoms with Gasteiger partial charge in [-0.2, -0.15) is 0 Å². The van der Waals surface area contributed by atoms with E-state index in [0.717, 1.165) is 18.4 Å². The minimum Gasteiger partial charge on any atom is -0.481 e. The molecule has 1 aromatic rings. The van der Waals surface area contributed by atoms with Crippen molar-refractivity contribution in [2.75, 3.05) is 13.1 Å². The van der Waals surface area contributed by atoms with Crippen molar-refractivity contribution < 1.29 is 14.7 Å². The summed E-state index contributed by atoms with van der Waals surface area (Å²) in [6.45, 7) is 7.49. The molecule has 1 unspecified atom stereocenters. The molecule has 25 heavy (non-hydrogen) atoms. The number of urea groups is 1. The predicted molar refractivity (Wildman–Crippen MR) is 98.3 cm³/mol. The molecule has 1 N–H and O–H groups in total. The Hall–Kier alpha value is -2.04. The topological polar surface area (TPSA) is 60.9 Å². The van der Waals surface area contributed by atoms with E-state index in [9.17, 15) is 14.7 Å². The first-order valence-corrected chi connectivity index (χ1v) is 9.22. The molecular weight excluding hydrogens is 316 g/mol. The second-order valence-electron chi connectivity index (χ2n) is 7.35. The lowest BCUT2D eigenvalue weighted by atomic mass is 9.76. The molecule has 1 heterocycles. The van der Waals surface area contributed by atoms with Gasteiger partial charge < -0.3 is 14.9 Å². The molecule has 0 saturated carbocycles. The smallest absolute Gasteiger partial charge is 0.320 e. The molecule has 5 heteroatoms. The molecule has 0 radical (unpaired) electrons. The number of aliphatic carboxylic acids is 1. The molecule has 1 aromatic carbocycles. The molecule has 0 spiro atoms. The van der Waals surface area contributed by atoms with E-state index in [1.165, 1.54) is 0 Å². The number of carbonyl (C=O) groups is 2. The largest absolute Gasteiger partial charge is 0.481 e. The van der Waals surface area contributed by atoms with Crippen molar-refractivity contribution in [2.24, 2.45) is 5.41 Å². The molecule has 1 aliphatic heterocycles. The van der Waals surface area contributed by atoms with Crippen molar-refractivity contribution in [1.29, 1.82) is 0 Å². The SMILES string of the molecule is CCCC1(C(=O)O)CCCN(C(=O)N(Cc2ccccc2)C(C)C)C1. The third-order valence-corrected chi connectivity index (χ3v) is 5.09. The molecular formula is C20H30N2O3. The van der Waals surface area contributed by atoms with Gasteiger partial charge in [0.15, 0.2) is 0 Å². The lowest BCUT2D eigenvalue weighted by Crippen LogP contribution is -2.54. The second kappa shape index (κ2) is 8.37. The van der Waals surface area contributed by atoms with Crippen molar-refractivity contribution in [3.8, 4) is 0 Å². The van der Waals surface area contributed by atoms with Gasteiger partial charge in [-0.05, 0) is 38.7 Å². The van der Waals surface area contributed by atoms with Crippen LogP contribution in [-0.2, 0) is 11.3 Å². The van der Waals surface area contributed by atoms with Crippen LogP contribution in [0.5, 0.6) is 0 Å². The highest BCUT2D eigenvalue weighted by Gasteiger charge is 2.43. The van der Waals surface area contributed by atoms with Crippen LogP contribution in [0.4, 0.5) is 4.79 Å². The van der Waals surface area contributed by atoms with E-state index in [2.05, 4.69) is 0 Å². The van der Waals surface area contributed by atoms with Crippen LogP contribution in [0.2, 0.25) is 0 Å². The Labute approximate surface area is 150 Å². The van der Waals surface area contributed by atoms with Gasteiger partial charge >= 0.3 is 12.0 Å². The standard InChI is InChI=1S/C20H30N2O3/c1-4-11-20(18(23)24)12-8-13-21(15-20)19(25)22(16(2)3)14-17-9-6-5-7-10-17/h5-7,9-10,16H,4,8,11-15H2,1-3H3,(H,23,24). The van der Waals surface area contributed by atoms with Crippen molar-refractivity contribution >= 4 is 12.0 Å². The van der Waals surface area contributed by atoms with E-state index in [4.69, 9.17) is 0 Å². The fraction of sp³-hybridized carbons (Fsp3) is 0.600. The maximum atomic E-state index is 13.1. The third-order valence-electron chi connectivity index (χ3n) is 5.09. The van der Waals surface area contributed by atoms with Gasteiger partial charge in [0.25, 0.3) is 0 Å². The van der Waals surface area contributed by atoms with Gasteiger partial charge in [-0.3, -0.25) is 4.79 Å². The number of nitrogens with zero attached hydrogens (tertiary/aromatic N) is 2. The average molecular weight is 346 g/mol. The molecule has 138 valence electrons. The molecule has 1 aliphatic rings. The van der Waals surface area contributed by atoms with Crippen LogP contribution in [0.15, 0.2) is 30.3 Å². The maximum absolute atomic E-state index is 13.1. The molecule has 2 amide bonds. The first-order chi connectivity index (χ1) is 11.9. The minimum absolute atomic E-state index is 0.0553. The average Bonchev–Trinajstić information content (AvgIpc) is 2.60. The summed E-state index contributed by atoms with van der Waals surface area (Å²) in [7, 11) is 0. The summed E-state index contributed by atoms with van der Waals surface area (Å²) in [5.41, 5.74) is 0.289. The van der Waals surface area contributed by atoms with Gasteiger partial charge in [0.05, 0.1) is 5.41 Å². The molecule has 1 saturated heterocycles. The van der Waals surface area contributed by atoms with Crippen LogP contribution >= 0.6 is 0 Å². The number of piperidine rings is 1. The van der Waals surface area contributed by atoms with Gasteiger partial charge in [-0.15, -0.1) is 0 Å². The third kappa shape index (κ3) is 4.53. The van der Waals surface area contributed by atoms with Crippen molar-refractivity contribution in [3.05, 3.63) is 35.9 Å². The van der Waals surface area contributed by atoms with Gasteiger partial charge in [-0.1, -0.05) is 43.7 Å². The monoisotopic (exact) mass is 346 g/mol. The Bertz CT molecular complexity index is 584. The Balaban J connectivity index is 2.16. The van der Waals surface area contributed by atoms with E-state index in [1.807, 2.05) is 56.0 Å². The molecule has 0 bridgehead atoms. The van der Waals surface area contributed by atoms with Gasteiger partial charge in [-0.25, -0.2) is 4.79 Å². The molecule has 2 rings (SSSR count). The van der Waals surface area contributed by atoms with Gasteiger partial charge in [0.2, 0.25) is 0 Å². The van der Waals surface area contributed by atoms with E-state index in [1.54, 1.807) is 4.90 Å². The fourth-order valence-electron chi connectivity index (χ4n) is 3.69. The lowest BCUT2D eigenvalue weighted by Gasteiger charge is -2.42. The highest BCUT2D eigenvalue weighted by molar-refractivity contribution is 5.79. The lowest BCUT2D eigenvalue weighted by molar-refractivity contribution is -0.152. The summed E-state index contributed by atoms with van der Waals surface area (Å²) in [6, 6.07) is 9.92. The number of benzene rings is 1. The van der Waals surface area contributed by atoms with Crippen molar-refractivity contribution in [1.82, 2.24) is 9.80 Å². The minimum atomic E-state index is -0.794. The summed E-state index contributed by atoms with van der Waals surface area (Å²) in [5.74, 6) is -0.772. The maximum Gasteiger partial charge on any atom is 0.320 e. The summed E-state index contributed by atoms with van der Waals surface area (Å²) in [4.78, 5) is 28.6. The fourth-order valence-corrected chi connectivity index (χ4v) is 3.69. The molecule has 1 fully saturated rings. The molecule has 1 atom stereocenters. The summed E-state index contributed by atoms with van der Waals surface area (Å²) in [6.07, 6.45) is 2.83. The number of hydrogen-bond acceptors (Lipinski definition) is 2. The van der Waals surface area contributed by atoms with Crippen molar-refractivity contribution in [3.63, 3.8) is 0 Å². The quantitative estimate of drug-likeness (QED) is 0.847. The van der Waals surface area contributed by atoms with Crippen LogP contribution in [0.3, 0.4) is 0 Å². The number of rotatable bonds is 6. The Morgan fingerprint density at radius 1 is 1.28 bits per heavy atom. The van der Waals surface area contributed by atoms with E-state index < -0.39 is 11.4 Å². The van der Waals surface area contributed by atoms with Crippen LogP contribution in [0.1, 0.15) is 52.0 Å². The summed E-state index contributed by atoms with van der Waals surface area (Å²) in [5, 5.41) is 9.75. The van der Waals surface area contributed by atoms with Gasteiger partial charge in [0, 0.05) is 25.7 Å². The van der Waals surface area contributed by atoms with Gasteiger partial charge in [0.1, 0.15) is 0 Å². The van der Waals surface area contributed by atoms with Crippen LogP contribution < -0.4 is 0 Å². The van der Waals surface area contributed by atoms with Crippen LogP contribution in [-0.4, -0.2) is 46.0 Å². The Kier molecular flexibility index (Phi) is 6.45. The summed E-state index contributed by atoms with van der Waals surface area (Å²) < 4.78 is 0. The zero-order chi connectivity index (χ0) is 18.4. The van der Waals surface area contributed by atoms with E-state index in [0.29, 0.717) is 32.5 Å². The number of hydrogen-bond donors (Lipinski definition) is 1. The molecule has 0 aromatic heterocycles. The number of carboxylic acid groups (broad SMARTS) is 1. The normalized spacial score (nSPS) is 20.6. The summed E-state index contributed by atoms with van der Waals surface area (Å²) >= 11 is 0. The number of amides is 2. The Morgan fingerprint density at radius 3 is 2.52 bits per heavy atom. The van der Waals surface area contributed by atoms with Crippen molar-refractivity contribution in [2.45, 2.75) is 59.0 Å². The Morgan fingerprint density at radius 2 is 1.96 bits per heavy atom. The second-order valence-corrected chi connectivity index (χ2v) is 7.35. The number of carboxylic acids is 1. The molecule has 5 nitrogen and oxygen atoms in total. The zero-order valence-electron chi connectivity index (χ0n) is 15.6. The van der Waals surface area contributed by atoms with Crippen LogP contribution in [0.25, 0.3) is 0 Å². The molecule has 0 aliphatic carbocycles. The van der Waals surface area contributed by atoms with Crippen LogP contribution in [0, 0.1) is 5.41 Å². The predicted octanol–water partition coefficient (Wildman–Crippen LogP) is 3.98. The highest BCUT2D eigenvalue weighted by atomic mass is 16.4. The zero-order valence-corrected chi connectivity index (χ0v) is 15.6. The van der Waals surface area contributed by atoms with E-state index >= 15 is 0 Å². The first-order valence-electron chi connectivity index (χ1n) is 9.22. The first kappa shape index (κ1) is 19.3. The number of carbonyl (C=O) groups excluding carboxylic acids is 1. The van der Waals surface area contributed by atoms with E-state index in [-0.39, 0.29) is 12.1 Å².